The average molecular weight is 554 g/mol. The summed E-state index contributed by atoms with van der Waals surface area (Å²) in [7, 11) is 0. The van der Waals surface area contributed by atoms with E-state index in [2.05, 4.69) is 77.5 Å². The molecule has 8 aromatic rings. The summed E-state index contributed by atoms with van der Waals surface area (Å²) < 4.78 is 4.21. The Labute approximate surface area is 248 Å². The van der Waals surface area contributed by atoms with Gasteiger partial charge in [-0.15, -0.1) is 0 Å². The smallest absolute Gasteiger partial charge is 0.213 e. The minimum Gasteiger partial charge on any atom is -0.317 e. The second-order valence-corrected chi connectivity index (χ2v) is 10.7. The van der Waals surface area contributed by atoms with Crippen molar-refractivity contribution in [1.29, 1.82) is 10.8 Å². The molecule has 0 aliphatic rings. The normalized spacial score (nSPS) is 11.4. The number of anilines is 1. The zero-order valence-electron chi connectivity index (χ0n) is 23.3. The monoisotopic (exact) mass is 553 g/mol. The van der Waals surface area contributed by atoms with E-state index in [9.17, 15) is 10.8 Å². The molecule has 5 nitrogen and oxygen atoms in total. The summed E-state index contributed by atoms with van der Waals surface area (Å²) in [6.45, 7) is 0. The van der Waals surface area contributed by atoms with E-state index in [1.165, 1.54) is 10.8 Å². The highest BCUT2D eigenvalue weighted by Gasteiger charge is 2.24. The maximum absolute atomic E-state index is 9.67. The summed E-state index contributed by atoms with van der Waals surface area (Å²) in [4.78, 5) is 1.72. The fourth-order valence-electron chi connectivity index (χ4n) is 6.21. The van der Waals surface area contributed by atoms with Gasteiger partial charge in [0.05, 0.1) is 22.2 Å². The number of hydrogen-bond donors (Lipinski definition) is 2. The largest absolute Gasteiger partial charge is 0.317 e. The molecule has 0 aliphatic heterocycles. The molecule has 0 atom stereocenters. The molecule has 0 bridgehead atoms. The van der Waals surface area contributed by atoms with Gasteiger partial charge in [-0.1, -0.05) is 91.0 Å². The van der Waals surface area contributed by atoms with Crippen molar-refractivity contribution in [2.24, 2.45) is 0 Å². The van der Waals surface area contributed by atoms with E-state index in [1.807, 2.05) is 83.4 Å². The van der Waals surface area contributed by atoms with Gasteiger partial charge in [-0.25, -0.2) is 0 Å². The van der Waals surface area contributed by atoms with Gasteiger partial charge in [-0.3, -0.25) is 20.3 Å². The van der Waals surface area contributed by atoms with Crippen molar-refractivity contribution in [2.45, 2.75) is 0 Å². The first-order chi connectivity index (χ1) is 21.2. The summed E-state index contributed by atoms with van der Waals surface area (Å²) in [6.07, 6.45) is 2.13. The van der Waals surface area contributed by atoms with Crippen LogP contribution in [0.4, 0.5) is 5.69 Å². The van der Waals surface area contributed by atoms with E-state index in [-0.39, 0.29) is 11.8 Å². The lowest BCUT2D eigenvalue weighted by molar-refractivity contribution is 1.13. The highest BCUT2D eigenvalue weighted by atomic mass is 15.3. The highest BCUT2D eigenvalue weighted by Crippen LogP contribution is 2.36. The molecule has 0 fully saturated rings. The molecular weight excluding hydrogens is 526 g/mol. The Morgan fingerprint density at radius 3 is 1.93 bits per heavy atom. The van der Waals surface area contributed by atoms with Gasteiger partial charge in [0.2, 0.25) is 5.96 Å². The van der Waals surface area contributed by atoms with Crippen LogP contribution in [0.15, 0.2) is 152 Å². The molecule has 2 heterocycles. The van der Waals surface area contributed by atoms with E-state index in [4.69, 9.17) is 0 Å². The number of rotatable bonds is 3. The Balaban J connectivity index is 1.37. The average Bonchev–Trinajstić information content (AvgIpc) is 3.64. The first-order valence-electron chi connectivity index (χ1n) is 14.3. The molecule has 0 saturated heterocycles. The predicted octanol–water partition coefficient (Wildman–Crippen LogP) is 9.21. The lowest BCUT2D eigenvalue weighted by Crippen LogP contribution is -2.40. The quantitative estimate of drug-likeness (QED) is 0.166. The van der Waals surface area contributed by atoms with Crippen LogP contribution < -0.4 is 4.90 Å². The lowest BCUT2D eigenvalue weighted by Gasteiger charge is -2.27. The molecule has 0 amide bonds. The summed E-state index contributed by atoms with van der Waals surface area (Å²) in [5.41, 5.74) is 5.65. The molecule has 0 spiro atoms. The molecule has 43 heavy (non-hydrogen) atoms. The molecule has 8 rings (SSSR count). The minimum atomic E-state index is 0.196. The second-order valence-electron chi connectivity index (χ2n) is 10.7. The zero-order chi connectivity index (χ0) is 28.9. The number of amidine groups is 1. The molecule has 0 saturated carbocycles. The maximum Gasteiger partial charge on any atom is 0.213 e. The van der Waals surface area contributed by atoms with Crippen LogP contribution >= 0.6 is 0 Å². The van der Waals surface area contributed by atoms with Crippen molar-refractivity contribution >= 4 is 61.0 Å². The van der Waals surface area contributed by atoms with Crippen molar-refractivity contribution in [2.75, 3.05) is 4.90 Å². The first kappa shape index (κ1) is 24.8. The number of aromatic nitrogens is 2. The minimum absolute atomic E-state index is 0.196. The van der Waals surface area contributed by atoms with Crippen LogP contribution in [0.1, 0.15) is 5.56 Å². The van der Waals surface area contributed by atoms with E-state index in [0.29, 0.717) is 0 Å². The van der Waals surface area contributed by atoms with E-state index in [0.717, 1.165) is 49.6 Å². The fraction of sp³-hybridized carbons (Fsp3) is 0. The molecule has 0 unspecified atom stereocenters. The number of para-hydroxylation sites is 3. The number of nitrogens with one attached hydrogen (secondary N) is 2. The molecule has 204 valence electrons. The number of benzene rings is 6. The number of fused-ring (bicyclic) bond motifs is 6. The Bertz CT molecular complexity index is 2310. The Morgan fingerprint density at radius 1 is 0.512 bits per heavy atom. The maximum atomic E-state index is 9.67. The van der Waals surface area contributed by atoms with E-state index >= 15 is 0 Å². The van der Waals surface area contributed by atoms with E-state index in [1.54, 1.807) is 4.90 Å². The van der Waals surface area contributed by atoms with Gasteiger partial charge >= 0.3 is 0 Å². The highest BCUT2D eigenvalue weighted by molar-refractivity contribution is 6.28. The van der Waals surface area contributed by atoms with Crippen LogP contribution in [0.2, 0.25) is 0 Å². The SMILES string of the molecule is N=C(c1ccccc1)N(C(=N)n1c2ccccc2c2cc3c(ccc4c3ccn4-c3ccccc3)cc21)c1ccccc1. The molecule has 6 aromatic carbocycles. The van der Waals surface area contributed by atoms with Gasteiger partial charge < -0.3 is 4.57 Å². The topological polar surface area (TPSA) is 60.8 Å². The van der Waals surface area contributed by atoms with Gasteiger partial charge in [0, 0.05) is 33.6 Å². The number of nitrogens with zero attached hydrogens (tertiary/aromatic N) is 3. The molecule has 0 radical (unpaired) electrons. The second kappa shape index (κ2) is 9.86. The Kier molecular flexibility index (Phi) is 5.69. The van der Waals surface area contributed by atoms with Gasteiger partial charge in [0.15, 0.2) is 0 Å². The third kappa shape index (κ3) is 3.94. The van der Waals surface area contributed by atoms with Crippen molar-refractivity contribution in [3.8, 4) is 5.69 Å². The van der Waals surface area contributed by atoms with Crippen LogP contribution in [-0.4, -0.2) is 20.9 Å². The van der Waals surface area contributed by atoms with Gasteiger partial charge in [-0.05, 0) is 65.4 Å². The summed E-state index contributed by atoms with van der Waals surface area (Å²) >= 11 is 0. The summed E-state index contributed by atoms with van der Waals surface area (Å²) in [5, 5.41) is 24.5. The van der Waals surface area contributed by atoms with Gasteiger partial charge in [-0.2, -0.15) is 0 Å². The van der Waals surface area contributed by atoms with Crippen molar-refractivity contribution in [1.82, 2.24) is 9.13 Å². The van der Waals surface area contributed by atoms with Crippen LogP contribution in [0.5, 0.6) is 0 Å². The predicted molar refractivity (Wildman–Crippen MR) is 179 cm³/mol. The summed E-state index contributed by atoms with van der Waals surface area (Å²) in [5.74, 6) is 0.439. The molecule has 2 N–H and O–H groups in total. The molecular formula is C38H27N5. The third-order valence-electron chi connectivity index (χ3n) is 8.22. The molecule has 5 heteroatoms. The standard InChI is InChI=1S/C38H27N5/c39-37(26-12-4-1-5-13-26)42(29-16-8-3-9-17-29)38(40)43-35-19-11-10-18-30(35)33-25-32-27(24-36(33)43)20-21-34-31(32)22-23-41(34)28-14-6-2-7-15-28/h1-25,39-40H. The third-order valence-corrected chi connectivity index (χ3v) is 8.22. The van der Waals surface area contributed by atoms with Crippen LogP contribution in [0.3, 0.4) is 0 Å². The zero-order valence-corrected chi connectivity index (χ0v) is 23.3. The Hall–Kier alpha value is -5.94. The first-order valence-corrected chi connectivity index (χ1v) is 14.3. The summed E-state index contributed by atoms with van der Waals surface area (Å²) in [6, 6.07) is 49.0. The van der Waals surface area contributed by atoms with Crippen molar-refractivity contribution in [3.05, 3.63) is 157 Å². The van der Waals surface area contributed by atoms with Crippen LogP contribution in [0.25, 0.3) is 49.2 Å². The van der Waals surface area contributed by atoms with Crippen molar-refractivity contribution in [3.63, 3.8) is 0 Å². The van der Waals surface area contributed by atoms with Crippen molar-refractivity contribution < 1.29 is 0 Å². The molecule has 2 aromatic heterocycles. The Morgan fingerprint density at radius 2 is 1.16 bits per heavy atom. The van der Waals surface area contributed by atoms with Gasteiger partial charge in [0.1, 0.15) is 5.84 Å². The van der Waals surface area contributed by atoms with Gasteiger partial charge in [0.25, 0.3) is 0 Å². The molecule has 0 aliphatic carbocycles. The number of hydrogen-bond acceptors (Lipinski definition) is 2. The van der Waals surface area contributed by atoms with Crippen LogP contribution in [0, 0.1) is 10.8 Å². The van der Waals surface area contributed by atoms with E-state index < -0.39 is 0 Å². The fourth-order valence-corrected chi connectivity index (χ4v) is 6.21. The lowest BCUT2D eigenvalue weighted by atomic mass is 10.0. The van der Waals surface area contributed by atoms with Crippen LogP contribution in [-0.2, 0) is 0 Å².